The summed E-state index contributed by atoms with van der Waals surface area (Å²) in [5.74, 6) is 1.76. The van der Waals surface area contributed by atoms with E-state index in [1.807, 2.05) is 0 Å². The lowest BCUT2D eigenvalue weighted by molar-refractivity contribution is -0.129. The van der Waals surface area contributed by atoms with Crippen LogP contribution in [0.2, 0.25) is 0 Å². The molecular formula is C32H35N5O7. The molecule has 4 rings (SSSR count). The van der Waals surface area contributed by atoms with Crippen LogP contribution in [-0.4, -0.2) is 57.0 Å². The van der Waals surface area contributed by atoms with Crippen molar-refractivity contribution in [2.45, 2.75) is 31.0 Å². The van der Waals surface area contributed by atoms with Gasteiger partial charge in [-0.2, -0.15) is 0 Å². The number of aliphatic hydroxyl groups excluding tert-OH is 1. The van der Waals surface area contributed by atoms with Gasteiger partial charge in [0, 0.05) is 47.7 Å². The number of rotatable bonds is 15. The molecule has 12 heteroatoms. The van der Waals surface area contributed by atoms with E-state index in [1.54, 1.807) is 66.7 Å². The largest absolute Gasteiger partial charge is 0.494 e. The van der Waals surface area contributed by atoms with Crippen LogP contribution in [0.4, 0.5) is 5.69 Å². The second-order valence-corrected chi connectivity index (χ2v) is 9.75. The highest BCUT2D eigenvalue weighted by Gasteiger charge is 2.53. The molecule has 0 bridgehead atoms. The van der Waals surface area contributed by atoms with E-state index in [0.717, 1.165) is 0 Å². The van der Waals surface area contributed by atoms with Crippen LogP contribution in [0.25, 0.3) is 10.4 Å². The van der Waals surface area contributed by atoms with E-state index < -0.39 is 17.6 Å². The van der Waals surface area contributed by atoms with E-state index in [4.69, 9.17) is 33.8 Å². The molecule has 1 heterocycles. The summed E-state index contributed by atoms with van der Waals surface area (Å²) < 4.78 is 28.4. The number of nitrogens with one attached hydrogen (secondary N) is 1. The lowest BCUT2D eigenvalue weighted by Crippen LogP contribution is -2.47. The fourth-order valence-corrected chi connectivity index (χ4v) is 4.93. The maximum absolute atomic E-state index is 14.2. The van der Waals surface area contributed by atoms with Crippen molar-refractivity contribution in [1.82, 2.24) is 5.32 Å². The van der Waals surface area contributed by atoms with Crippen LogP contribution >= 0.6 is 0 Å². The van der Waals surface area contributed by atoms with E-state index >= 15 is 0 Å². The average molecular weight is 602 g/mol. The normalized spacial score (nSPS) is 17.0. The highest BCUT2D eigenvalue weighted by atomic mass is 16.5. The Bertz CT molecular complexity index is 1530. The molecule has 0 saturated heterocycles. The monoisotopic (exact) mass is 601 g/mol. The molecule has 1 aliphatic rings. The predicted octanol–water partition coefficient (Wildman–Crippen LogP) is 5.56. The first-order valence-electron chi connectivity index (χ1n) is 13.9. The summed E-state index contributed by atoms with van der Waals surface area (Å²) in [7, 11) is 4.55. The number of aliphatic hydroxyl groups is 1. The zero-order valence-corrected chi connectivity index (χ0v) is 24.9. The van der Waals surface area contributed by atoms with Crippen LogP contribution in [0, 0.1) is 0 Å². The fourth-order valence-electron chi connectivity index (χ4n) is 4.93. The summed E-state index contributed by atoms with van der Waals surface area (Å²) in [6.45, 7) is 4.42. The van der Waals surface area contributed by atoms with Gasteiger partial charge in [0.15, 0.2) is 23.1 Å². The van der Waals surface area contributed by atoms with Gasteiger partial charge in [-0.05, 0) is 47.5 Å². The molecule has 44 heavy (non-hydrogen) atoms. The topological polar surface area (TPSA) is 157 Å². The smallest absolute Gasteiger partial charge is 0.252 e. The molecule has 1 amide bonds. The third kappa shape index (κ3) is 6.72. The van der Waals surface area contributed by atoms with Gasteiger partial charge in [-0.15, -0.1) is 6.58 Å². The first-order chi connectivity index (χ1) is 21.4. The van der Waals surface area contributed by atoms with E-state index in [-0.39, 0.29) is 25.5 Å². The minimum absolute atomic E-state index is 0.0362. The zero-order valence-electron chi connectivity index (χ0n) is 24.9. The molecule has 0 spiro atoms. The minimum Gasteiger partial charge on any atom is -0.494 e. The van der Waals surface area contributed by atoms with E-state index in [9.17, 15) is 10.3 Å². The van der Waals surface area contributed by atoms with Gasteiger partial charge in [-0.1, -0.05) is 35.5 Å². The van der Waals surface area contributed by atoms with Crippen molar-refractivity contribution in [1.29, 1.82) is 0 Å². The number of hydrogen-bond donors (Lipinski definition) is 2. The quantitative estimate of drug-likeness (QED) is 0.0759. The summed E-state index contributed by atoms with van der Waals surface area (Å²) in [5.41, 5.74) is 9.88. The molecule has 0 unspecified atom stereocenters. The third-order valence-electron chi connectivity index (χ3n) is 7.03. The number of carbonyl (C=O) groups is 1. The number of hydrogen-bond acceptors (Lipinski definition) is 9. The maximum Gasteiger partial charge on any atom is 0.252 e. The Morgan fingerprint density at radius 2 is 1.84 bits per heavy atom. The molecule has 2 atom stereocenters. The van der Waals surface area contributed by atoms with Crippen molar-refractivity contribution in [3.05, 3.63) is 100 Å². The van der Waals surface area contributed by atoms with Crippen molar-refractivity contribution in [3.8, 4) is 23.0 Å². The van der Waals surface area contributed by atoms with Crippen LogP contribution in [-0.2, 0) is 16.1 Å². The lowest BCUT2D eigenvalue weighted by Gasteiger charge is -2.30. The van der Waals surface area contributed by atoms with Gasteiger partial charge in [0.25, 0.3) is 5.91 Å². The summed E-state index contributed by atoms with van der Waals surface area (Å²) in [5, 5.41) is 15.9. The average Bonchev–Trinajstić information content (AvgIpc) is 3.44. The van der Waals surface area contributed by atoms with Gasteiger partial charge in [-0.25, -0.2) is 4.99 Å². The Labute approximate surface area is 255 Å². The Morgan fingerprint density at radius 3 is 2.45 bits per heavy atom. The van der Waals surface area contributed by atoms with Gasteiger partial charge in [-0.3, -0.25) is 4.79 Å². The van der Waals surface area contributed by atoms with Crippen molar-refractivity contribution >= 4 is 17.5 Å². The number of nitrogens with zero attached hydrogens (tertiary/aromatic N) is 4. The lowest BCUT2D eigenvalue weighted by atomic mass is 9.83. The van der Waals surface area contributed by atoms with Crippen molar-refractivity contribution < 1.29 is 33.6 Å². The summed E-state index contributed by atoms with van der Waals surface area (Å²) in [4.78, 5) is 22.1. The summed E-state index contributed by atoms with van der Waals surface area (Å²) >= 11 is 0. The zero-order chi connectivity index (χ0) is 31.5. The maximum atomic E-state index is 14.2. The second kappa shape index (κ2) is 14.8. The third-order valence-corrected chi connectivity index (χ3v) is 7.03. The molecule has 0 radical (unpaired) electrons. The van der Waals surface area contributed by atoms with Gasteiger partial charge in [0.1, 0.15) is 5.75 Å². The van der Waals surface area contributed by atoms with Crippen LogP contribution in [0.3, 0.4) is 0 Å². The Balaban J connectivity index is 1.73. The molecule has 1 aliphatic heterocycles. The molecule has 0 fully saturated rings. The van der Waals surface area contributed by atoms with E-state index in [0.29, 0.717) is 58.4 Å². The summed E-state index contributed by atoms with van der Waals surface area (Å²) in [6.07, 6.45) is 1.29. The number of methoxy groups -OCH3 is 3. The second-order valence-electron chi connectivity index (χ2n) is 9.75. The number of ether oxygens (including phenoxy) is 5. The molecule has 12 nitrogen and oxygen atoms in total. The van der Waals surface area contributed by atoms with E-state index in [2.05, 4.69) is 21.9 Å². The van der Waals surface area contributed by atoms with Gasteiger partial charge in [0.05, 0.1) is 27.9 Å². The van der Waals surface area contributed by atoms with Gasteiger partial charge < -0.3 is 34.1 Å². The molecule has 3 aromatic rings. The Morgan fingerprint density at radius 1 is 1.14 bits per heavy atom. The van der Waals surface area contributed by atoms with Gasteiger partial charge >= 0.3 is 0 Å². The SMILES string of the molecule is C=CC[C@@]1(C(=O)NCc2cc(OC)c(OC)c(OC)c2)N=C(c2ccc(OCCCO)cc2)O[C@@H]1c1ccccc1N=[N+]=[N-]. The standard InChI is InChI=1S/C32H35N5O7/c1-5-15-32(31(39)34-20-21-18-26(40-2)28(42-4)27(19-21)41-3)29(24-9-6-7-10-25(24)36-37-33)44-30(35-32)22-11-13-23(14-12-22)43-17-8-16-38/h5-7,9-14,18-19,29,38H,1,8,15-17,20H2,2-4H3,(H,34,39)/t29-,32-/m1/s1. The van der Waals surface area contributed by atoms with Crippen LogP contribution < -0.4 is 24.3 Å². The Hall–Kier alpha value is -5.19. The van der Waals surface area contributed by atoms with Gasteiger partial charge in [0.2, 0.25) is 11.6 Å². The number of amides is 1. The molecule has 0 aliphatic carbocycles. The Kier molecular flexibility index (Phi) is 10.7. The minimum atomic E-state index is -1.49. The van der Waals surface area contributed by atoms with Crippen molar-refractivity contribution in [2.75, 3.05) is 34.5 Å². The molecule has 0 aromatic heterocycles. The van der Waals surface area contributed by atoms with Crippen LogP contribution in [0.15, 0.2) is 83.4 Å². The van der Waals surface area contributed by atoms with Crippen LogP contribution in [0.5, 0.6) is 23.0 Å². The molecule has 2 N–H and O–H groups in total. The van der Waals surface area contributed by atoms with Crippen molar-refractivity contribution in [3.63, 3.8) is 0 Å². The predicted molar refractivity (Wildman–Crippen MR) is 165 cm³/mol. The first kappa shape index (κ1) is 31.7. The first-order valence-corrected chi connectivity index (χ1v) is 13.9. The van der Waals surface area contributed by atoms with E-state index in [1.165, 1.54) is 21.3 Å². The molecule has 230 valence electrons. The highest BCUT2D eigenvalue weighted by Crippen LogP contribution is 2.46. The molecule has 0 saturated carbocycles. The fraction of sp³-hybridized carbons (Fsp3) is 0.312. The van der Waals surface area contributed by atoms with Crippen LogP contribution in [0.1, 0.15) is 35.6 Å². The highest BCUT2D eigenvalue weighted by molar-refractivity contribution is 6.01. The number of azide groups is 1. The molecule has 3 aromatic carbocycles. The molecular weight excluding hydrogens is 566 g/mol. The number of benzene rings is 3. The summed E-state index contributed by atoms with van der Waals surface area (Å²) in [6, 6.07) is 17.5. The number of carbonyl (C=O) groups excluding carboxylic acids is 1. The van der Waals surface area contributed by atoms with Crippen molar-refractivity contribution in [2.24, 2.45) is 10.1 Å². The number of aliphatic imine (C=N–C) groups is 1.